The molecule has 2 atom stereocenters. The minimum absolute atomic E-state index is 0.0668. The van der Waals surface area contributed by atoms with E-state index in [0.717, 1.165) is 11.0 Å². The molecule has 0 amide bonds. The molecule has 3 aliphatic rings. The van der Waals surface area contributed by atoms with E-state index in [9.17, 15) is 27.6 Å². The summed E-state index contributed by atoms with van der Waals surface area (Å²) in [5, 5.41) is 4.06. The van der Waals surface area contributed by atoms with E-state index in [-0.39, 0.29) is 28.8 Å². The Kier molecular flexibility index (Phi) is 6.91. The van der Waals surface area contributed by atoms with Gasteiger partial charge in [-0.3, -0.25) is 24.1 Å². The summed E-state index contributed by atoms with van der Waals surface area (Å²) in [7, 11) is 0. The van der Waals surface area contributed by atoms with Gasteiger partial charge in [0.15, 0.2) is 11.5 Å². The Balaban J connectivity index is 1.74. The summed E-state index contributed by atoms with van der Waals surface area (Å²) < 4.78 is 46.9. The molecule has 15 heteroatoms. The quantitative estimate of drug-likeness (QED) is 0.579. The molecule has 1 aromatic carbocycles. The van der Waals surface area contributed by atoms with Gasteiger partial charge in [-0.25, -0.2) is 9.59 Å². The Labute approximate surface area is 213 Å². The first kappa shape index (κ1) is 25.6. The zero-order valence-electron chi connectivity index (χ0n) is 19.5. The lowest BCUT2D eigenvalue weighted by molar-refractivity contribution is -0.203. The number of rotatable bonds is 5. The maximum atomic E-state index is 13.4. The number of benzene rings is 1. The summed E-state index contributed by atoms with van der Waals surface area (Å²) in [6.07, 6.45) is -5.63. The molecule has 0 bridgehead atoms. The molecule has 0 radical (unpaired) electrons. The molecular formula is C22H24ClF3N6O5. The maximum absolute atomic E-state index is 13.4. The van der Waals surface area contributed by atoms with Gasteiger partial charge in [0.25, 0.3) is 5.56 Å². The van der Waals surface area contributed by atoms with Gasteiger partial charge >= 0.3 is 17.8 Å². The smallest absolute Gasteiger partial charge is 0.376 e. The van der Waals surface area contributed by atoms with E-state index in [0.29, 0.717) is 44.3 Å². The molecule has 2 saturated heterocycles. The van der Waals surface area contributed by atoms with Crippen molar-refractivity contribution in [2.75, 3.05) is 42.7 Å². The number of hydrogen-bond donors (Lipinski definition) is 2. The van der Waals surface area contributed by atoms with Gasteiger partial charge < -0.3 is 14.9 Å². The number of H-pyrrole nitrogens is 1. The normalized spacial score (nSPS) is 22.4. The average Bonchev–Trinajstić information content (AvgIpc) is 3.48. The number of carbonyl (C=O) groups is 1. The van der Waals surface area contributed by atoms with Crippen molar-refractivity contribution in [2.24, 2.45) is 0 Å². The van der Waals surface area contributed by atoms with Crippen molar-refractivity contribution in [2.45, 2.75) is 38.0 Å². The highest BCUT2D eigenvalue weighted by Crippen LogP contribution is 2.45. The van der Waals surface area contributed by atoms with E-state index < -0.39 is 35.8 Å². The fourth-order valence-corrected chi connectivity index (χ4v) is 5.06. The monoisotopic (exact) mass is 544 g/mol. The molecule has 0 spiro atoms. The summed E-state index contributed by atoms with van der Waals surface area (Å²) in [4.78, 5) is 48.7. The topological polar surface area (TPSA) is 112 Å². The van der Waals surface area contributed by atoms with Gasteiger partial charge in [0, 0.05) is 32.8 Å². The molecule has 2 N–H and O–H groups in total. The number of alkyl halides is 3. The van der Waals surface area contributed by atoms with Crippen molar-refractivity contribution in [3.8, 4) is 0 Å². The average molecular weight is 545 g/mol. The van der Waals surface area contributed by atoms with Crippen molar-refractivity contribution in [1.82, 2.24) is 19.8 Å². The highest BCUT2D eigenvalue weighted by Gasteiger charge is 2.51. The number of hydroxylamine groups is 1. The molecule has 4 heterocycles. The number of piperazine rings is 1. The molecule has 2 unspecified atom stereocenters. The number of hydrogen-bond acceptors (Lipinski definition) is 9. The number of aromatic nitrogens is 2. The SMILES string of the molecule is O=C(ON1c2c(c(=O)[nH]c(=O)n2CC2CCCO2)N(c2ccccc2Cl)C1N1CCNCC1)C(F)(F)F. The fourth-order valence-electron chi connectivity index (χ4n) is 4.83. The third kappa shape index (κ3) is 4.81. The van der Waals surface area contributed by atoms with Gasteiger partial charge in [-0.15, -0.1) is 5.06 Å². The zero-order valence-corrected chi connectivity index (χ0v) is 20.2. The van der Waals surface area contributed by atoms with Crippen LogP contribution in [0.2, 0.25) is 5.02 Å². The van der Waals surface area contributed by atoms with Crippen LogP contribution >= 0.6 is 11.6 Å². The first-order valence-electron chi connectivity index (χ1n) is 11.7. The summed E-state index contributed by atoms with van der Waals surface area (Å²) in [5.41, 5.74) is -1.63. The largest absolute Gasteiger partial charge is 0.493 e. The third-order valence-electron chi connectivity index (χ3n) is 6.45. The summed E-state index contributed by atoms with van der Waals surface area (Å²) >= 11 is 6.48. The molecule has 3 aliphatic heterocycles. The summed E-state index contributed by atoms with van der Waals surface area (Å²) in [6.45, 7) is 2.06. The molecular weight excluding hydrogens is 521 g/mol. The first-order chi connectivity index (χ1) is 17.7. The Bertz CT molecular complexity index is 1290. The van der Waals surface area contributed by atoms with Crippen molar-refractivity contribution in [1.29, 1.82) is 0 Å². The summed E-state index contributed by atoms with van der Waals surface area (Å²) in [6, 6.07) is 6.46. The van der Waals surface area contributed by atoms with E-state index in [2.05, 4.69) is 10.3 Å². The lowest BCUT2D eigenvalue weighted by atomic mass is 10.2. The Morgan fingerprint density at radius 3 is 2.57 bits per heavy atom. The highest BCUT2D eigenvalue weighted by molar-refractivity contribution is 6.33. The molecule has 0 aliphatic carbocycles. The second-order valence-corrected chi connectivity index (χ2v) is 9.24. The number of fused-ring (bicyclic) bond motifs is 1. The fraction of sp³-hybridized carbons (Fsp3) is 0.500. The molecule has 11 nitrogen and oxygen atoms in total. The van der Waals surface area contributed by atoms with Crippen LogP contribution in [0, 0.1) is 0 Å². The minimum atomic E-state index is -5.33. The van der Waals surface area contributed by atoms with Crippen LogP contribution in [0.15, 0.2) is 33.9 Å². The number of nitrogens with one attached hydrogen (secondary N) is 2. The second kappa shape index (κ2) is 10.0. The lowest BCUT2D eigenvalue weighted by Crippen LogP contribution is -2.60. The van der Waals surface area contributed by atoms with Crippen LogP contribution < -0.4 is 26.5 Å². The standard InChI is InChI=1S/C22H24ClF3N6O5/c23-14-5-1-2-6-15(14)31-16-17(33)28-20(35)30(12-13-4-3-11-36-13)18(16)32(37-19(34)22(24,25)26)21(31)29-9-7-27-8-10-29/h1-2,5-6,13,21,27H,3-4,7-12H2,(H,28,33,35). The van der Waals surface area contributed by atoms with Gasteiger partial charge in [-0.1, -0.05) is 23.7 Å². The van der Waals surface area contributed by atoms with Gasteiger partial charge in [0.2, 0.25) is 6.29 Å². The number of anilines is 3. The van der Waals surface area contributed by atoms with Crippen LogP contribution in [-0.2, 0) is 20.9 Å². The molecule has 2 fully saturated rings. The molecule has 5 rings (SSSR count). The van der Waals surface area contributed by atoms with Crippen molar-refractivity contribution < 1.29 is 27.5 Å². The van der Waals surface area contributed by atoms with Gasteiger partial charge in [0.1, 0.15) is 0 Å². The summed E-state index contributed by atoms with van der Waals surface area (Å²) in [5.74, 6) is -2.78. The molecule has 1 aromatic heterocycles. The van der Waals surface area contributed by atoms with E-state index in [4.69, 9.17) is 21.2 Å². The van der Waals surface area contributed by atoms with Crippen LogP contribution in [0.25, 0.3) is 0 Å². The lowest BCUT2D eigenvalue weighted by Gasteiger charge is -2.41. The van der Waals surface area contributed by atoms with Crippen LogP contribution in [0.3, 0.4) is 0 Å². The molecule has 2 aromatic rings. The predicted octanol–water partition coefficient (Wildman–Crippen LogP) is 1.54. The number of ether oxygens (including phenoxy) is 1. The number of aromatic amines is 1. The van der Waals surface area contributed by atoms with Crippen molar-refractivity contribution in [3.63, 3.8) is 0 Å². The number of carbonyl (C=O) groups excluding carboxylic acids is 1. The van der Waals surface area contributed by atoms with Crippen LogP contribution in [0.1, 0.15) is 12.8 Å². The van der Waals surface area contributed by atoms with Crippen molar-refractivity contribution >= 4 is 34.8 Å². The Morgan fingerprint density at radius 1 is 1.19 bits per heavy atom. The maximum Gasteiger partial charge on any atom is 0.493 e. The third-order valence-corrected chi connectivity index (χ3v) is 6.77. The minimum Gasteiger partial charge on any atom is -0.376 e. The molecule has 37 heavy (non-hydrogen) atoms. The first-order valence-corrected chi connectivity index (χ1v) is 12.1. The predicted molar refractivity (Wildman–Crippen MR) is 127 cm³/mol. The van der Waals surface area contributed by atoms with Gasteiger partial charge in [-0.2, -0.15) is 13.2 Å². The number of nitrogens with zero attached hydrogens (tertiary/aromatic N) is 4. The van der Waals surface area contributed by atoms with E-state index in [1.165, 1.54) is 4.90 Å². The van der Waals surface area contributed by atoms with Crippen LogP contribution in [0.4, 0.5) is 30.4 Å². The number of halogens is 4. The van der Waals surface area contributed by atoms with E-state index >= 15 is 0 Å². The van der Waals surface area contributed by atoms with Crippen LogP contribution in [-0.4, -0.2) is 71.8 Å². The second-order valence-electron chi connectivity index (χ2n) is 8.83. The number of para-hydroxylation sites is 1. The molecule has 200 valence electrons. The van der Waals surface area contributed by atoms with Gasteiger partial charge in [0.05, 0.1) is 23.4 Å². The zero-order chi connectivity index (χ0) is 26.3. The Hall–Kier alpha value is -3.07. The highest BCUT2D eigenvalue weighted by atomic mass is 35.5. The van der Waals surface area contributed by atoms with E-state index in [1.807, 2.05) is 0 Å². The molecule has 0 saturated carbocycles. The van der Waals surface area contributed by atoms with Gasteiger partial charge in [-0.05, 0) is 25.0 Å². The van der Waals surface area contributed by atoms with E-state index in [1.54, 1.807) is 29.2 Å². The van der Waals surface area contributed by atoms with Crippen molar-refractivity contribution in [3.05, 3.63) is 50.1 Å². The van der Waals surface area contributed by atoms with Crippen LogP contribution in [0.5, 0.6) is 0 Å². The Morgan fingerprint density at radius 2 is 1.92 bits per heavy atom.